The topological polar surface area (TPSA) is 120 Å². The molecule has 0 bridgehead atoms. The molecule has 0 radical (unpaired) electrons. The number of ketones is 1. The number of hydrogen-bond acceptors (Lipinski definition) is 5. The van der Waals surface area contributed by atoms with Crippen molar-refractivity contribution < 1.29 is 19.5 Å². The number of hydrogen-bond donors (Lipinski definition) is 5. The van der Waals surface area contributed by atoms with Crippen LogP contribution in [0.1, 0.15) is 52.0 Å². The maximum Gasteiger partial charge on any atom is 0.315 e. The molecule has 0 saturated heterocycles. The average Bonchev–Trinajstić information content (AvgIpc) is 3.56. The standard InChI is InChI=1S/C31H32Cl2N4O4/c1-18(39)31(17-38,16-34-30(41)36-25-12-10-19-6-4-5-9-23(19)25)37-29(40)27-24(32)11-13-26(28(27)33)35-22-14-20-7-2-3-8-21(20)15-22/h2-9,11,13,22,25,35,38H,10,12,14-17H2,1H3,(H,37,40)(H2,34,36,41)/t25-,31-/m1/s1. The third-order valence-electron chi connectivity index (χ3n) is 8.01. The summed E-state index contributed by atoms with van der Waals surface area (Å²) in [5.41, 5.74) is 3.47. The van der Waals surface area contributed by atoms with E-state index in [0.717, 1.165) is 31.2 Å². The van der Waals surface area contributed by atoms with Crippen LogP contribution in [-0.4, -0.2) is 47.6 Å². The van der Waals surface area contributed by atoms with Crippen molar-refractivity contribution in [3.8, 4) is 0 Å². The van der Waals surface area contributed by atoms with Gasteiger partial charge in [-0.1, -0.05) is 71.7 Å². The number of benzene rings is 3. The van der Waals surface area contributed by atoms with Crippen molar-refractivity contribution in [2.24, 2.45) is 0 Å². The fourth-order valence-electron chi connectivity index (χ4n) is 5.64. The first-order valence-corrected chi connectivity index (χ1v) is 14.3. The van der Waals surface area contributed by atoms with Crippen LogP contribution >= 0.6 is 23.2 Å². The van der Waals surface area contributed by atoms with Gasteiger partial charge in [-0.3, -0.25) is 9.59 Å². The largest absolute Gasteiger partial charge is 0.393 e. The van der Waals surface area contributed by atoms with E-state index in [1.54, 1.807) is 12.1 Å². The van der Waals surface area contributed by atoms with E-state index in [9.17, 15) is 19.5 Å². The second-order valence-electron chi connectivity index (χ2n) is 10.7. The fourth-order valence-corrected chi connectivity index (χ4v) is 6.24. The van der Waals surface area contributed by atoms with E-state index >= 15 is 0 Å². The highest BCUT2D eigenvalue weighted by molar-refractivity contribution is 6.41. The molecule has 10 heteroatoms. The second-order valence-corrected chi connectivity index (χ2v) is 11.5. The van der Waals surface area contributed by atoms with Crippen LogP contribution in [0.3, 0.4) is 0 Å². The Labute approximate surface area is 248 Å². The number of anilines is 1. The summed E-state index contributed by atoms with van der Waals surface area (Å²) in [6.45, 7) is 0.161. The van der Waals surface area contributed by atoms with E-state index in [0.29, 0.717) is 5.69 Å². The van der Waals surface area contributed by atoms with Crippen molar-refractivity contribution in [1.29, 1.82) is 0 Å². The summed E-state index contributed by atoms with van der Waals surface area (Å²) < 4.78 is 0. The first-order valence-electron chi connectivity index (χ1n) is 13.6. The van der Waals surface area contributed by atoms with Gasteiger partial charge in [0.1, 0.15) is 5.54 Å². The monoisotopic (exact) mass is 594 g/mol. The van der Waals surface area contributed by atoms with Gasteiger partial charge in [-0.25, -0.2) is 4.79 Å². The first kappa shape index (κ1) is 28.9. The summed E-state index contributed by atoms with van der Waals surface area (Å²) in [4.78, 5) is 39.0. The highest BCUT2D eigenvalue weighted by Gasteiger charge is 2.39. The van der Waals surface area contributed by atoms with Gasteiger partial charge in [-0.05, 0) is 67.0 Å². The predicted octanol–water partition coefficient (Wildman–Crippen LogP) is 4.61. The van der Waals surface area contributed by atoms with Gasteiger partial charge in [0.25, 0.3) is 5.91 Å². The lowest BCUT2D eigenvalue weighted by atomic mass is 9.94. The molecule has 0 aliphatic heterocycles. The van der Waals surface area contributed by atoms with Crippen molar-refractivity contribution >= 4 is 46.6 Å². The number of aryl methyl sites for hydroxylation is 1. The number of urea groups is 1. The summed E-state index contributed by atoms with van der Waals surface area (Å²) in [6.07, 6.45) is 3.24. The van der Waals surface area contributed by atoms with E-state index in [-0.39, 0.29) is 34.2 Å². The van der Waals surface area contributed by atoms with E-state index in [4.69, 9.17) is 23.2 Å². The molecule has 2 atom stereocenters. The number of aliphatic hydroxyl groups excluding tert-OH is 1. The minimum atomic E-state index is -1.79. The normalized spacial score (nSPS) is 17.2. The average molecular weight is 596 g/mol. The number of Topliss-reactive ketones (excluding diaryl/α,β-unsaturated/α-hetero) is 1. The van der Waals surface area contributed by atoms with Gasteiger partial charge >= 0.3 is 6.03 Å². The molecule has 5 N–H and O–H groups in total. The Morgan fingerprint density at radius 2 is 1.61 bits per heavy atom. The van der Waals surface area contributed by atoms with Crippen molar-refractivity contribution in [1.82, 2.24) is 16.0 Å². The van der Waals surface area contributed by atoms with E-state index < -0.39 is 29.9 Å². The highest BCUT2D eigenvalue weighted by atomic mass is 35.5. The first-order chi connectivity index (χ1) is 19.7. The smallest absolute Gasteiger partial charge is 0.315 e. The molecule has 3 amide bonds. The lowest BCUT2D eigenvalue weighted by Gasteiger charge is -2.31. The highest BCUT2D eigenvalue weighted by Crippen LogP contribution is 2.34. The van der Waals surface area contributed by atoms with Gasteiger partial charge < -0.3 is 26.4 Å². The van der Waals surface area contributed by atoms with Crippen LogP contribution in [0.2, 0.25) is 10.0 Å². The quantitative estimate of drug-likeness (QED) is 0.248. The summed E-state index contributed by atoms with van der Waals surface area (Å²) in [6, 6.07) is 18.8. The van der Waals surface area contributed by atoms with Crippen LogP contribution in [0.25, 0.3) is 0 Å². The molecule has 0 spiro atoms. The third kappa shape index (κ3) is 6.05. The fraction of sp³-hybridized carbons (Fsp3) is 0.323. The van der Waals surface area contributed by atoms with Crippen LogP contribution in [0.4, 0.5) is 10.5 Å². The Morgan fingerprint density at radius 1 is 0.951 bits per heavy atom. The number of carbonyl (C=O) groups is 3. The van der Waals surface area contributed by atoms with Crippen LogP contribution in [0.5, 0.6) is 0 Å². The van der Waals surface area contributed by atoms with Crippen LogP contribution in [0, 0.1) is 0 Å². The molecule has 0 fully saturated rings. The minimum Gasteiger partial charge on any atom is -0.393 e. The second kappa shape index (κ2) is 12.1. The number of rotatable bonds is 9. The molecular formula is C31H32Cl2N4O4. The van der Waals surface area contributed by atoms with Crippen LogP contribution in [-0.2, 0) is 24.1 Å². The zero-order valence-corrected chi connectivity index (χ0v) is 24.1. The molecule has 3 aromatic rings. The number of fused-ring (bicyclic) bond motifs is 2. The number of nitrogens with one attached hydrogen (secondary N) is 4. The number of aliphatic hydroxyl groups is 1. The van der Waals surface area contributed by atoms with Crippen LogP contribution < -0.4 is 21.3 Å². The molecule has 41 heavy (non-hydrogen) atoms. The molecule has 3 aromatic carbocycles. The van der Waals surface area contributed by atoms with Gasteiger partial charge in [0.2, 0.25) is 0 Å². The predicted molar refractivity (Wildman–Crippen MR) is 160 cm³/mol. The van der Waals surface area contributed by atoms with Gasteiger partial charge in [0, 0.05) is 6.04 Å². The molecule has 8 nitrogen and oxygen atoms in total. The molecule has 0 unspecified atom stereocenters. The Balaban J connectivity index is 1.27. The Morgan fingerprint density at radius 3 is 2.27 bits per heavy atom. The Bertz CT molecular complexity index is 1470. The van der Waals surface area contributed by atoms with Gasteiger partial charge in [-0.2, -0.15) is 0 Å². The minimum absolute atomic E-state index is 0.0278. The van der Waals surface area contributed by atoms with Gasteiger partial charge in [0.05, 0.1) is 40.5 Å². The van der Waals surface area contributed by atoms with E-state index in [2.05, 4.69) is 33.4 Å². The molecule has 0 saturated carbocycles. The summed E-state index contributed by atoms with van der Waals surface area (Å²) in [5.74, 6) is -1.28. The Kier molecular flexibility index (Phi) is 8.54. The lowest BCUT2D eigenvalue weighted by Crippen LogP contribution is -2.63. The summed E-state index contributed by atoms with van der Waals surface area (Å²) in [7, 11) is 0. The lowest BCUT2D eigenvalue weighted by molar-refractivity contribution is -0.124. The van der Waals surface area contributed by atoms with Gasteiger partial charge in [-0.15, -0.1) is 0 Å². The molecule has 214 valence electrons. The van der Waals surface area contributed by atoms with Crippen molar-refractivity contribution in [3.63, 3.8) is 0 Å². The maximum atomic E-state index is 13.5. The third-order valence-corrected chi connectivity index (χ3v) is 8.72. The van der Waals surface area contributed by atoms with Crippen molar-refractivity contribution in [2.45, 2.75) is 50.2 Å². The zero-order chi connectivity index (χ0) is 29.1. The molecule has 0 aromatic heterocycles. The SMILES string of the molecule is CC(=O)[C@](CO)(CNC(=O)N[C@@H]1CCc2ccccc21)NC(=O)c1c(Cl)ccc(NC2Cc3ccccc3C2)c1Cl. The molecule has 2 aliphatic rings. The van der Waals surface area contributed by atoms with Gasteiger partial charge in [0.15, 0.2) is 5.78 Å². The molecular weight excluding hydrogens is 563 g/mol. The molecule has 0 heterocycles. The number of halogens is 2. The van der Waals surface area contributed by atoms with Crippen LogP contribution in [0.15, 0.2) is 60.7 Å². The summed E-state index contributed by atoms with van der Waals surface area (Å²) >= 11 is 13.1. The van der Waals surface area contributed by atoms with E-state index in [1.165, 1.54) is 23.6 Å². The zero-order valence-electron chi connectivity index (χ0n) is 22.6. The van der Waals surface area contributed by atoms with E-state index in [1.807, 2.05) is 36.4 Å². The number of amides is 3. The van der Waals surface area contributed by atoms with Crippen molar-refractivity contribution in [2.75, 3.05) is 18.5 Å². The summed E-state index contributed by atoms with van der Waals surface area (Å²) in [5, 5.41) is 22.0. The maximum absolute atomic E-state index is 13.5. The van der Waals surface area contributed by atoms with Crippen molar-refractivity contribution in [3.05, 3.63) is 98.5 Å². The molecule has 5 rings (SSSR count). The Hall–Kier alpha value is -3.59. The molecule has 2 aliphatic carbocycles. The number of carbonyl (C=O) groups excluding carboxylic acids is 3.